The van der Waals surface area contributed by atoms with E-state index in [1.54, 1.807) is 6.33 Å². The summed E-state index contributed by atoms with van der Waals surface area (Å²) in [4.78, 5) is 15.5. The Morgan fingerprint density at radius 1 is 0.581 bits per heavy atom. The van der Waals surface area contributed by atoms with Crippen molar-refractivity contribution in [1.82, 2.24) is 19.5 Å². The number of allylic oxidation sites excluding steroid dienone is 1. The number of rotatable bonds is 7. The summed E-state index contributed by atoms with van der Waals surface area (Å²) in [6.07, 6.45) is 6.47. The summed E-state index contributed by atoms with van der Waals surface area (Å²) < 4.78 is 15.1. The topological polar surface area (TPSA) is 82.3 Å². The minimum atomic E-state index is -0.347. The van der Waals surface area contributed by atoms with Crippen LogP contribution in [0.5, 0.6) is 5.75 Å². The van der Waals surface area contributed by atoms with E-state index in [-0.39, 0.29) is 66.1 Å². The molecule has 0 aliphatic carbocycles. The van der Waals surface area contributed by atoms with Crippen LogP contribution in [-0.2, 0) is 52.2 Å². The number of imidazole rings is 1. The van der Waals surface area contributed by atoms with Crippen LogP contribution >= 0.6 is 0 Å². The van der Waals surface area contributed by atoms with Crippen LogP contribution in [0.3, 0.4) is 0 Å². The van der Waals surface area contributed by atoms with Gasteiger partial charge in [0.15, 0.2) is 12.2 Å². The van der Waals surface area contributed by atoms with E-state index in [9.17, 15) is 5.11 Å². The second-order valence-electron chi connectivity index (χ2n) is 25.7. The number of aromatic nitrogens is 4. The Bertz CT molecular complexity index is 3530. The molecule has 7 nitrogen and oxygen atoms in total. The van der Waals surface area contributed by atoms with E-state index in [1.165, 1.54) is 5.56 Å². The number of benzene rings is 6. The Morgan fingerprint density at radius 3 is 1.91 bits per heavy atom. The molecule has 0 amide bonds. The zero-order valence-corrected chi connectivity index (χ0v) is 48.1. The average molecular weight is 1160 g/mol. The van der Waals surface area contributed by atoms with Gasteiger partial charge in [-0.1, -0.05) is 182 Å². The van der Waals surface area contributed by atoms with Crippen molar-refractivity contribution in [2.24, 2.45) is 5.41 Å². The second-order valence-corrected chi connectivity index (χ2v) is 25.7. The molecule has 8 aromatic rings. The summed E-state index contributed by atoms with van der Waals surface area (Å²) in [7, 11) is 0. The maximum atomic E-state index is 12.6. The van der Waals surface area contributed by atoms with Crippen LogP contribution < -0.4 is 0 Å². The first-order valence-corrected chi connectivity index (χ1v) is 25.9. The van der Waals surface area contributed by atoms with Gasteiger partial charge in [0.2, 0.25) is 0 Å². The summed E-state index contributed by atoms with van der Waals surface area (Å²) in [5, 5.41) is 13.6. The van der Waals surface area contributed by atoms with Crippen molar-refractivity contribution >= 4 is 27.7 Å². The number of phenols is 1. The first-order valence-electron chi connectivity index (χ1n) is 25.9. The minimum Gasteiger partial charge on any atom is -0.507 e. The van der Waals surface area contributed by atoms with E-state index in [4.69, 9.17) is 24.4 Å². The summed E-state index contributed by atoms with van der Waals surface area (Å²) in [6, 6.07) is 42.8. The number of nitrogens with zero attached hydrogens (tertiary/aromatic N) is 4. The summed E-state index contributed by atoms with van der Waals surface area (Å²) in [5.74, 6) is 2.70. The summed E-state index contributed by atoms with van der Waals surface area (Å²) in [6.45, 7) is 33.3. The Morgan fingerprint density at radius 2 is 1.24 bits per heavy atom. The molecular formula is C66H71N4O3Pt-. The van der Waals surface area contributed by atoms with E-state index in [1.807, 2.05) is 0 Å². The molecule has 0 bridgehead atoms. The molecule has 6 aromatic carbocycles. The third-order valence-electron chi connectivity index (χ3n) is 14.3. The normalized spacial score (nSPS) is 16.1. The van der Waals surface area contributed by atoms with Gasteiger partial charge in [-0.2, -0.15) is 0 Å². The van der Waals surface area contributed by atoms with Crippen LogP contribution in [0.1, 0.15) is 138 Å². The predicted molar refractivity (Wildman–Crippen MR) is 301 cm³/mol. The number of hydrogen-bond donors (Lipinski definition) is 1. The van der Waals surface area contributed by atoms with Gasteiger partial charge < -0.3 is 14.6 Å². The van der Waals surface area contributed by atoms with E-state index in [2.05, 4.69) is 236 Å². The summed E-state index contributed by atoms with van der Waals surface area (Å²) >= 11 is 0. The first kappa shape index (κ1) is 52.6. The standard InChI is InChI=1S/C66H71N4O3.Pt/c1-62(2,3)37-46-35-56-57(72-46)36-55(73-56)40-24-26-48-52(31-40)67-38-68-58(48)42-28-41(29-44(30-42)64(7,8)9)47-22-19-23-54-59(47)69-61(50-33-45(65(10,11)12)34-51(60(50)71)66(13,14)15)70(54)53-27-25-43(63(4,5)6)32-49(53)39-20-17-16-18-21-39;/h16-27,29-36,38,56-57,71H,37H2,1-15H3;/q-1;. The molecule has 1 N–H and O–H groups in total. The van der Waals surface area contributed by atoms with Gasteiger partial charge >= 0.3 is 0 Å². The van der Waals surface area contributed by atoms with Gasteiger partial charge in [0.05, 0.1) is 33.6 Å². The molecule has 2 unspecified atom stereocenters. The van der Waals surface area contributed by atoms with Gasteiger partial charge in [-0.3, -0.25) is 9.55 Å². The van der Waals surface area contributed by atoms with E-state index in [0.717, 1.165) is 101 Å². The molecule has 74 heavy (non-hydrogen) atoms. The van der Waals surface area contributed by atoms with E-state index < -0.39 is 0 Å². The fourth-order valence-corrected chi connectivity index (χ4v) is 10.2. The SMILES string of the molecule is CC(C)(C)CC1=CC2OC(c3ccc4c(-c5[c-]c(-c6cccc7c6nc(-c6cc(C(C)(C)C)cc(C(C)(C)C)c6O)n7-c6ccc(C(C)(C)C)cc6-c6ccccc6)cc(C(C)(C)C)c5)ncnc4c3)=CC2O1.[Pt]. The van der Waals surface area contributed by atoms with Crippen LogP contribution in [-0.4, -0.2) is 36.8 Å². The molecule has 2 aromatic heterocycles. The quantitative estimate of drug-likeness (QED) is 0.160. The van der Waals surface area contributed by atoms with E-state index in [0.29, 0.717) is 11.4 Å². The van der Waals surface area contributed by atoms with Gasteiger partial charge in [-0.15, -0.1) is 29.3 Å². The van der Waals surface area contributed by atoms with Crippen LogP contribution in [0, 0.1) is 11.5 Å². The molecule has 2 aliphatic heterocycles. The van der Waals surface area contributed by atoms with Gasteiger partial charge in [-0.05, 0) is 85.6 Å². The molecule has 0 radical (unpaired) electrons. The molecule has 0 fully saturated rings. The molecule has 2 aliphatic rings. The average Bonchev–Trinajstić information content (AvgIpc) is 4.01. The van der Waals surface area contributed by atoms with Gasteiger partial charge in [0.25, 0.3) is 0 Å². The van der Waals surface area contributed by atoms with Crippen molar-refractivity contribution < 1.29 is 35.6 Å². The van der Waals surface area contributed by atoms with Crippen LogP contribution in [0.25, 0.3) is 78.3 Å². The number of hydrogen-bond acceptors (Lipinski definition) is 6. The van der Waals surface area contributed by atoms with Crippen molar-refractivity contribution in [2.75, 3.05) is 0 Å². The number of phenolic OH excluding ortho intramolecular Hbond substituents is 1. The van der Waals surface area contributed by atoms with Crippen LogP contribution in [0.2, 0.25) is 0 Å². The second kappa shape index (κ2) is 18.8. The predicted octanol–water partition coefficient (Wildman–Crippen LogP) is 16.8. The number of ether oxygens (including phenoxy) is 2. The number of para-hydroxylation sites is 1. The van der Waals surface area contributed by atoms with Crippen LogP contribution in [0.15, 0.2) is 133 Å². The monoisotopic (exact) mass is 1160 g/mol. The zero-order valence-electron chi connectivity index (χ0n) is 45.9. The van der Waals surface area contributed by atoms with Crippen molar-refractivity contribution in [3.63, 3.8) is 0 Å². The molecule has 8 heteroatoms. The molecule has 0 spiro atoms. The first-order chi connectivity index (χ1) is 34.2. The molecule has 2 atom stereocenters. The molecular weight excluding hydrogens is 1090 g/mol. The van der Waals surface area contributed by atoms with Crippen molar-refractivity contribution in [3.05, 3.63) is 167 Å². The van der Waals surface area contributed by atoms with Crippen molar-refractivity contribution in [3.8, 4) is 56.3 Å². The smallest absolute Gasteiger partial charge is 0.161 e. The molecule has 0 saturated carbocycles. The molecule has 10 rings (SSSR count). The zero-order chi connectivity index (χ0) is 52.2. The fourth-order valence-electron chi connectivity index (χ4n) is 10.2. The van der Waals surface area contributed by atoms with Crippen LogP contribution in [0.4, 0.5) is 0 Å². The maximum absolute atomic E-state index is 12.6. The van der Waals surface area contributed by atoms with Gasteiger partial charge in [-0.25, -0.2) is 9.97 Å². The van der Waals surface area contributed by atoms with Gasteiger partial charge in [0, 0.05) is 55.9 Å². The third kappa shape index (κ3) is 10.1. The third-order valence-corrected chi connectivity index (χ3v) is 14.3. The Kier molecular flexibility index (Phi) is 13.4. The largest absolute Gasteiger partial charge is 0.507 e. The fraction of sp³-hybridized carbons (Fsp3) is 0.348. The molecule has 4 heterocycles. The maximum Gasteiger partial charge on any atom is 0.161 e. The van der Waals surface area contributed by atoms with E-state index >= 15 is 0 Å². The van der Waals surface area contributed by atoms with Crippen molar-refractivity contribution in [2.45, 2.75) is 144 Å². The minimum absolute atomic E-state index is 0. The van der Waals surface area contributed by atoms with Gasteiger partial charge in [0.1, 0.15) is 23.7 Å². The number of fused-ring (bicyclic) bond motifs is 3. The summed E-state index contributed by atoms with van der Waals surface area (Å²) in [5.41, 5.74) is 14.5. The molecule has 384 valence electrons. The Labute approximate surface area is 453 Å². The van der Waals surface area contributed by atoms with Crippen molar-refractivity contribution in [1.29, 1.82) is 0 Å². The Balaban J connectivity index is 0.00000672. The number of aromatic hydroxyl groups is 1. The molecule has 0 saturated heterocycles. The Hall–Kier alpha value is -6.30.